The Kier molecular flexibility index (Phi) is 3.54. The van der Waals surface area contributed by atoms with Gasteiger partial charge in [0, 0.05) is 17.9 Å². The fourth-order valence-electron chi connectivity index (χ4n) is 2.43. The van der Waals surface area contributed by atoms with E-state index < -0.39 is 17.2 Å². The van der Waals surface area contributed by atoms with Crippen LogP contribution in [0.1, 0.15) is 18.4 Å². The molecule has 0 heterocycles. The molecule has 4 heteroatoms. The summed E-state index contributed by atoms with van der Waals surface area (Å²) in [5, 5.41) is 0. The molecule has 0 saturated heterocycles. The molecular formula is C15H16F3N. The lowest BCUT2D eigenvalue weighted by Gasteiger charge is -2.36. The highest BCUT2D eigenvalue weighted by Gasteiger charge is 2.40. The van der Waals surface area contributed by atoms with E-state index in [4.69, 9.17) is 5.73 Å². The van der Waals surface area contributed by atoms with Gasteiger partial charge in [-0.05, 0) is 5.56 Å². The topological polar surface area (TPSA) is 26.0 Å². The summed E-state index contributed by atoms with van der Waals surface area (Å²) in [5.41, 5.74) is 5.36. The molecule has 2 rings (SSSR count). The number of allylic oxidation sites excluding steroid dienone is 3. The van der Waals surface area contributed by atoms with Crippen LogP contribution in [0, 0.1) is 5.41 Å². The molecule has 1 aliphatic rings. The standard InChI is InChI=1S/C15H16F3N/c1-14(10-19)9-12(15(16,17)18)7-8-13(14)11-5-3-2-4-6-11/h2-9,13H,10,19H2,1H3. The third-order valence-electron chi connectivity index (χ3n) is 3.59. The highest BCUT2D eigenvalue weighted by molar-refractivity contribution is 5.39. The number of alkyl halides is 3. The highest BCUT2D eigenvalue weighted by atomic mass is 19.4. The van der Waals surface area contributed by atoms with Crippen molar-refractivity contribution in [3.05, 3.63) is 59.7 Å². The Labute approximate surface area is 110 Å². The summed E-state index contributed by atoms with van der Waals surface area (Å²) in [6.07, 6.45) is -0.320. The zero-order valence-corrected chi connectivity index (χ0v) is 10.6. The minimum Gasteiger partial charge on any atom is -0.330 e. The maximum Gasteiger partial charge on any atom is 0.416 e. The van der Waals surface area contributed by atoms with Crippen molar-refractivity contribution >= 4 is 0 Å². The van der Waals surface area contributed by atoms with Gasteiger partial charge in [0.2, 0.25) is 0 Å². The molecule has 0 radical (unpaired) electrons. The lowest BCUT2D eigenvalue weighted by molar-refractivity contribution is -0.0894. The first-order valence-corrected chi connectivity index (χ1v) is 6.10. The van der Waals surface area contributed by atoms with Crippen molar-refractivity contribution in [3.63, 3.8) is 0 Å². The van der Waals surface area contributed by atoms with E-state index >= 15 is 0 Å². The molecule has 2 N–H and O–H groups in total. The quantitative estimate of drug-likeness (QED) is 0.866. The van der Waals surface area contributed by atoms with Gasteiger partial charge in [0.25, 0.3) is 0 Å². The Morgan fingerprint density at radius 2 is 1.84 bits per heavy atom. The minimum absolute atomic E-state index is 0.134. The van der Waals surface area contributed by atoms with E-state index in [0.29, 0.717) is 0 Å². The van der Waals surface area contributed by atoms with E-state index in [0.717, 1.165) is 11.6 Å². The smallest absolute Gasteiger partial charge is 0.330 e. The SMILES string of the molecule is CC1(CN)C=C(C(F)(F)F)C=CC1c1ccccc1. The van der Waals surface area contributed by atoms with Crippen molar-refractivity contribution in [2.24, 2.45) is 11.1 Å². The Balaban J connectivity index is 2.41. The van der Waals surface area contributed by atoms with E-state index in [1.165, 1.54) is 6.08 Å². The molecule has 0 aromatic heterocycles. The first-order chi connectivity index (χ1) is 8.87. The molecule has 0 amide bonds. The molecule has 0 fully saturated rings. The van der Waals surface area contributed by atoms with Gasteiger partial charge >= 0.3 is 6.18 Å². The summed E-state index contributed by atoms with van der Waals surface area (Å²) in [6, 6.07) is 9.46. The maximum absolute atomic E-state index is 12.8. The molecule has 0 bridgehead atoms. The van der Waals surface area contributed by atoms with Crippen LogP contribution < -0.4 is 5.73 Å². The fraction of sp³-hybridized carbons (Fsp3) is 0.333. The number of benzene rings is 1. The number of hydrogen-bond acceptors (Lipinski definition) is 1. The van der Waals surface area contributed by atoms with Gasteiger partial charge in [-0.3, -0.25) is 0 Å². The van der Waals surface area contributed by atoms with Crippen LogP contribution >= 0.6 is 0 Å². The summed E-state index contributed by atoms with van der Waals surface area (Å²) in [4.78, 5) is 0. The van der Waals surface area contributed by atoms with Crippen LogP contribution in [-0.2, 0) is 0 Å². The second-order valence-electron chi connectivity index (χ2n) is 5.05. The largest absolute Gasteiger partial charge is 0.416 e. The lowest BCUT2D eigenvalue weighted by Crippen LogP contribution is -2.34. The first-order valence-electron chi connectivity index (χ1n) is 6.10. The zero-order valence-electron chi connectivity index (χ0n) is 10.6. The summed E-state index contributed by atoms with van der Waals surface area (Å²) in [6.45, 7) is 1.93. The first kappa shape index (κ1) is 13.9. The predicted octanol–water partition coefficient (Wildman–Crippen LogP) is 3.79. The molecule has 19 heavy (non-hydrogen) atoms. The fourth-order valence-corrected chi connectivity index (χ4v) is 2.43. The van der Waals surface area contributed by atoms with E-state index in [2.05, 4.69) is 0 Å². The van der Waals surface area contributed by atoms with Crippen molar-refractivity contribution in [1.82, 2.24) is 0 Å². The van der Waals surface area contributed by atoms with Crippen molar-refractivity contribution in [1.29, 1.82) is 0 Å². The van der Waals surface area contributed by atoms with Gasteiger partial charge in [-0.25, -0.2) is 0 Å². The molecule has 1 aromatic rings. The summed E-state index contributed by atoms with van der Waals surface area (Å²) in [5.74, 6) is -0.134. The van der Waals surface area contributed by atoms with Crippen molar-refractivity contribution < 1.29 is 13.2 Å². The van der Waals surface area contributed by atoms with Crippen LogP contribution in [0.4, 0.5) is 13.2 Å². The second-order valence-corrected chi connectivity index (χ2v) is 5.05. The van der Waals surface area contributed by atoms with Crippen molar-refractivity contribution in [2.75, 3.05) is 6.54 Å². The van der Waals surface area contributed by atoms with Crippen molar-refractivity contribution in [3.8, 4) is 0 Å². The van der Waals surface area contributed by atoms with Gasteiger partial charge in [0.15, 0.2) is 0 Å². The number of rotatable bonds is 2. The summed E-state index contributed by atoms with van der Waals surface area (Å²) >= 11 is 0. The maximum atomic E-state index is 12.8. The molecule has 1 aromatic carbocycles. The number of nitrogens with two attached hydrogens (primary N) is 1. The van der Waals surface area contributed by atoms with Gasteiger partial charge < -0.3 is 5.73 Å². The van der Waals surface area contributed by atoms with E-state index in [1.807, 2.05) is 30.3 Å². The van der Waals surface area contributed by atoms with Gasteiger partial charge in [0.05, 0.1) is 5.57 Å². The molecule has 0 spiro atoms. The van der Waals surface area contributed by atoms with Gasteiger partial charge in [-0.15, -0.1) is 0 Å². The van der Waals surface area contributed by atoms with Crippen LogP contribution in [0.5, 0.6) is 0 Å². The van der Waals surface area contributed by atoms with Crippen LogP contribution in [0.25, 0.3) is 0 Å². The number of halogens is 3. The van der Waals surface area contributed by atoms with Crippen molar-refractivity contribution in [2.45, 2.75) is 19.0 Å². The minimum atomic E-state index is -4.32. The Morgan fingerprint density at radius 1 is 1.21 bits per heavy atom. The molecular weight excluding hydrogens is 251 g/mol. The molecule has 2 unspecified atom stereocenters. The van der Waals surface area contributed by atoms with Gasteiger partial charge in [0.1, 0.15) is 0 Å². The Hall–Kier alpha value is -1.55. The van der Waals surface area contributed by atoms with Crippen LogP contribution in [0.2, 0.25) is 0 Å². The second kappa shape index (κ2) is 4.85. The highest BCUT2D eigenvalue weighted by Crippen LogP contribution is 2.44. The Bertz CT molecular complexity index is 502. The van der Waals surface area contributed by atoms with Crippen LogP contribution in [0.3, 0.4) is 0 Å². The van der Waals surface area contributed by atoms with E-state index in [-0.39, 0.29) is 12.5 Å². The lowest BCUT2D eigenvalue weighted by atomic mass is 9.69. The van der Waals surface area contributed by atoms with Gasteiger partial charge in [-0.2, -0.15) is 13.2 Å². The zero-order chi connectivity index (χ0) is 14.1. The molecule has 102 valence electrons. The molecule has 0 aliphatic heterocycles. The van der Waals surface area contributed by atoms with E-state index in [9.17, 15) is 13.2 Å². The molecule has 2 atom stereocenters. The normalized spacial score (nSPS) is 27.2. The average Bonchev–Trinajstić information content (AvgIpc) is 2.38. The van der Waals surface area contributed by atoms with E-state index in [1.54, 1.807) is 13.0 Å². The van der Waals surface area contributed by atoms with Crippen LogP contribution in [-0.4, -0.2) is 12.7 Å². The summed E-state index contributed by atoms with van der Waals surface area (Å²) < 4.78 is 38.4. The molecule has 0 saturated carbocycles. The Morgan fingerprint density at radius 3 is 2.37 bits per heavy atom. The third-order valence-corrected chi connectivity index (χ3v) is 3.59. The third kappa shape index (κ3) is 2.73. The summed E-state index contributed by atoms with van der Waals surface area (Å²) in [7, 11) is 0. The van der Waals surface area contributed by atoms with Crippen LogP contribution in [0.15, 0.2) is 54.1 Å². The monoisotopic (exact) mass is 267 g/mol. The van der Waals surface area contributed by atoms with Gasteiger partial charge in [-0.1, -0.05) is 55.5 Å². The average molecular weight is 267 g/mol. The number of hydrogen-bond donors (Lipinski definition) is 1. The molecule has 1 nitrogen and oxygen atoms in total. The predicted molar refractivity (Wildman–Crippen MR) is 69.6 cm³/mol. The molecule has 1 aliphatic carbocycles.